The summed E-state index contributed by atoms with van der Waals surface area (Å²) in [5.74, 6) is -0.370. The molecule has 1 saturated heterocycles. The molecule has 3 nitrogen and oxygen atoms in total. The molecule has 124 valence electrons. The highest BCUT2D eigenvalue weighted by molar-refractivity contribution is 5.58. The second kappa shape index (κ2) is 7.46. The first kappa shape index (κ1) is 16.5. The Morgan fingerprint density at radius 1 is 1.21 bits per heavy atom. The molecule has 0 spiro atoms. The zero-order valence-electron chi connectivity index (χ0n) is 13.9. The van der Waals surface area contributed by atoms with Crippen LogP contribution in [0.3, 0.4) is 0 Å². The highest BCUT2D eigenvalue weighted by Crippen LogP contribution is 2.22. The van der Waals surface area contributed by atoms with Gasteiger partial charge in [0.15, 0.2) is 0 Å². The minimum atomic E-state index is -0.370. The van der Waals surface area contributed by atoms with Crippen LogP contribution in [0.4, 0.5) is 10.1 Å². The number of nitriles is 1. The number of rotatable bonds is 4. The molecule has 3 rings (SSSR count). The van der Waals surface area contributed by atoms with E-state index in [1.807, 2.05) is 0 Å². The van der Waals surface area contributed by atoms with Crippen molar-refractivity contribution in [1.82, 2.24) is 4.90 Å². The fourth-order valence-corrected chi connectivity index (χ4v) is 3.22. The first-order valence-electron chi connectivity index (χ1n) is 8.39. The third kappa shape index (κ3) is 3.93. The standard InChI is InChI=1S/C20H22FN3/c1-15-4-2-3-5-16(15)14-24-10-8-19(9-11-24)23-20-7-6-18(21)12-17(20)13-22/h2-7,12,19,23H,8-11,14H2,1H3. The Hall–Kier alpha value is -2.38. The second-order valence-electron chi connectivity index (χ2n) is 6.42. The van der Waals surface area contributed by atoms with E-state index in [1.165, 1.54) is 23.3 Å². The number of hydrogen-bond acceptors (Lipinski definition) is 3. The molecular formula is C20H22FN3. The molecule has 1 N–H and O–H groups in total. The largest absolute Gasteiger partial charge is 0.381 e. The zero-order chi connectivity index (χ0) is 16.9. The van der Waals surface area contributed by atoms with Gasteiger partial charge < -0.3 is 5.32 Å². The van der Waals surface area contributed by atoms with Gasteiger partial charge in [-0.1, -0.05) is 24.3 Å². The van der Waals surface area contributed by atoms with E-state index in [4.69, 9.17) is 5.26 Å². The van der Waals surface area contributed by atoms with Crippen molar-refractivity contribution >= 4 is 5.69 Å². The first-order valence-corrected chi connectivity index (χ1v) is 8.39. The summed E-state index contributed by atoms with van der Waals surface area (Å²) in [5, 5.41) is 12.5. The smallest absolute Gasteiger partial charge is 0.124 e. The van der Waals surface area contributed by atoms with Gasteiger partial charge in [0.2, 0.25) is 0 Å². The zero-order valence-corrected chi connectivity index (χ0v) is 13.9. The molecule has 0 atom stereocenters. The van der Waals surface area contributed by atoms with Gasteiger partial charge >= 0.3 is 0 Å². The summed E-state index contributed by atoms with van der Waals surface area (Å²) in [7, 11) is 0. The molecule has 4 heteroatoms. The van der Waals surface area contributed by atoms with E-state index in [-0.39, 0.29) is 5.82 Å². The van der Waals surface area contributed by atoms with Gasteiger partial charge in [-0.15, -0.1) is 0 Å². The van der Waals surface area contributed by atoms with Crippen LogP contribution in [-0.4, -0.2) is 24.0 Å². The first-order chi connectivity index (χ1) is 11.7. The Morgan fingerprint density at radius 3 is 2.67 bits per heavy atom. The SMILES string of the molecule is Cc1ccccc1CN1CCC(Nc2ccc(F)cc2C#N)CC1. The summed E-state index contributed by atoms with van der Waals surface area (Å²) in [5.41, 5.74) is 3.82. The molecule has 24 heavy (non-hydrogen) atoms. The van der Waals surface area contributed by atoms with Crippen molar-refractivity contribution in [3.05, 3.63) is 65.0 Å². The molecule has 0 unspecified atom stereocenters. The van der Waals surface area contributed by atoms with Crippen LogP contribution in [0.1, 0.15) is 29.5 Å². The molecule has 1 aliphatic rings. The van der Waals surface area contributed by atoms with Gasteiger partial charge in [0.25, 0.3) is 0 Å². The number of hydrogen-bond donors (Lipinski definition) is 1. The summed E-state index contributed by atoms with van der Waals surface area (Å²) in [6.07, 6.45) is 2.04. The molecule has 0 radical (unpaired) electrons. The highest BCUT2D eigenvalue weighted by atomic mass is 19.1. The van der Waals surface area contributed by atoms with Crippen molar-refractivity contribution in [2.75, 3.05) is 18.4 Å². The van der Waals surface area contributed by atoms with Crippen LogP contribution in [0.2, 0.25) is 0 Å². The molecule has 0 saturated carbocycles. The summed E-state index contributed by atoms with van der Waals surface area (Å²) in [6, 6.07) is 15.2. The molecule has 0 bridgehead atoms. The lowest BCUT2D eigenvalue weighted by Gasteiger charge is -2.33. The van der Waals surface area contributed by atoms with Crippen molar-refractivity contribution in [2.24, 2.45) is 0 Å². The molecular weight excluding hydrogens is 301 g/mol. The molecule has 0 aliphatic carbocycles. The normalized spacial score (nSPS) is 15.9. The monoisotopic (exact) mass is 323 g/mol. The van der Waals surface area contributed by atoms with Crippen LogP contribution in [0.25, 0.3) is 0 Å². The number of nitrogens with one attached hydrogen (secondary N) is 1. The van der Waals surface area contributed by atoms with Gasteiger partial charge in [0.1, 0.15) is 11.9 Å². The van der Waals surface area contributed by atoms with Gasteiger partial charge in [0.05, 0.1) is 11.3 Å². The van der Waals surface area contributed by atoms with Crippen LogP contribution in [-0.2, 0) is 6.54 Å². The molecule has 0 amide bonds. The maximum atomic E-state index is 13.2. The van der Waals surface area contributed by atoms with E-state index in [0.717, 1.165) is 38.2 Å². The summed E-state index contributed by atoms with van der Waals surface area (Å²) >= 11 is 0. The van der Waals surface area contributed by atoms with Gasteiger partial charge in [-0.05, 0) is 49.1 Å². The van der Waals surface area contributed by atoms with Crippen LogP contribution in [0.15, 0.2) is 42.5 Å². The predicted octanol–water partition coefficient (Wildman–Crippen LogP) is 4.08. The number of nitrogens with zero attached hydrogens (tertiary/aromatic N) is 2. The van der Waals surface area contributed by atoms with Gasteiger partial charge in [-0.3, -0.25) is 4.90 Å². The van der Waals surface area contributed by atoms with Crippen molar-refractivity contribution in [2.45, 2.75) is 32.4 Å². The van der Waals surface area contributed by atoms with Crippen molar-refractivity contribution in [3.8, 4) is 6.07 Å². The van der Waals surface area contributed by atoms with Gasteiger partial charge in [0, 0.05) is 25.7 Å². The molecule has 1 heterocycles. The lowest BCUT2D eigenvalue weighted by molar-refractivity contribution is 0.211. The van der Waals surface area contributed by atoms with E-state index in [9.17, 15) is 4.39 Å². The molecule has 1 aliphatic heterocycles. The van der Waals surface area contributed by atoms with Crippen LogP contribution in [0, 0.1) is 24.1 Å². The number of aryl methyl sites for hydroxylation is 1. The topological polar surface area (TPSA) is 39.1 Å². The Labute approximate surface area is 142 Å². The van der Waals surface area contributed by atoms with Crippen LogP contribution in [0.5, 0.6) is 0 Å². The van der Waals surface area contributed by atoms with E-state index in [0.29, 0.717) is 11.6 Å². The fraction of sp³-hybridized carbons (Fsp3) is 0.350. The number of likely N-dealkylation sites (tertiary alicyclic amines) is 1. The summed E-state index contributed by atoms with van der Waals surface area (Å²) in [4.78, 5) is 2.47. The van der Waals surface area contributed by atoms with Crippen molar-refractivity contribution < 1.29 is 4.39 Å². The van der Waals surface area contributed by atoms with Gasteiger partial charge in [-0.25, -0.2) is 4.39 Å². The number of halogens is 1. The lowest BCUT2D eigenvalue weighted by atomic mass is 10.0. The average molecular weight is 323 g/mol. The summed E-state index contributed by atoms with van der Waals surface area (Å²) < 4.78 is 13.2. The highest BCUT2D eigenvalue weighted by Gasteiger charge is 2.20. The molecule has 2 aromatic rings. The fourth-order valence-electron chi connectivity index (χ4n) is 3.22. The van der Waals surface area contributed by atoms with E-state index < -0.39 is 0 Å². The molecule has 2 aromatic carbocycles. The van der Waals surface area contributed by atoms with E-state index in [1.54, 1.807) is 6.07 Å². The second-order valence-corrected chi connectivity index (χ2v) is 6.42. The maximum absolute atomic E-state index is 13.2. The van der Waals surface area contributed by atoms with Crippen LogP contribution >= 0.6 is 0 Å². The number of anilines is 1. The Morgan fingerprint density at radius 2 is 1.96 bits per heavy atom. The van der Waals surface area contributed by atoms with Crippen molar-refractivity contribution in [1.29, 1.82) is 5.26 Å². The minimum Gasteiger partial charge on any atom is -0.381 e. The number of piperidine rings is 1. The Bertz CT molecular complexity index is 743. The Balaban J connectivity index is 1.56. The molecule has 1 fully saturated rings. The maximum Gasteiger partial charge on any atom is 0.124 e. The van der Waals surface area contributed by atoms with E-state index >= 15 is 0 Å². The quantitative estimate of drug-likeness (QED) is 0.921. The number of benzene rings is 2. The van der Waals surface area contributed by atoms with Crippen LogP contribution < -0.4 is 5.32 Å². The molecule has 0 aromatic heterocycles. The average Bonchev–Trinajstić information content (AvgIpc) is 2.60. The van der Waals surface area contributed by atoms with Crippen molar-refractivity contribution in [3.63, 3.8) is 0 Å². The minimum absolute atomic E-state index is 0.329. The third-order valence-electron chi connectivity index (χ3n) is 4.70. The third-order valence-corrected chi connectivity index (χ3v) is 4.70. The van der Waals surface area contributed by atoms with E-state index in [2.05, 4.69) is 47.5 Å². The summed E-state index contributed by atoms with van der Waals surface area (Å²) in [6.45, 7) is 5.19. The van der Waals surface area contributed by atoms with Gasteiger partial charge in [-0.2, -0.15) is 5.26 Å². The lowest BCUT2D eigenvalue weighted by Crippen LogP contribution is -2.38. The Kier molecular flexibility index (Phi) is 5.12. The predicted molar refractivity (Wildman–Crippen MR) is 94.2 cm³/mol.